The van der Waals surface area contributed by atoms with E-state index in [1.54, 1.807) is 0 Å². The van der Waals surface area contributed by atoms with Crippen molar-refractivity contribution in [2.75, 3.05) is 13.2 Å². The van der Waals surface area contributed by atoms with Crippen molar-refractivity contribution in [1.29, 1.82) is 0 Å². The van der Waals surface area contributed by atoms with Gasteiger partial charge in [-0.05, 0) is 13.8 Å². The van der Waals surface area contributed by atoms with Gasteiger partial charge in [-0.15, -0.1) is 0 Å². The van der Waals surface area contributed by atoms with Gasteiger partial charge in [-0.1, -0.05) is 25.4 Å². The number of aliphatic hydroxyl groups excluding tert-OH is 1. The Bertz CT molecular complexity index is 375. The van der Waals surface area contributed by atoms with Crippen molar-refractivity contribution in [3.8, 4) is 0 Å². The molecular weight excluding hydrogens is 240 g/mol. The van der Waals surface area contributed by atoms with Gasteiger partial charge in [0.15, 0.2) is 0 Å². The Kier molecular flexibility index (Phi) is 4.98. The number of aromatic nitrogens is 2. The van der Waals surface area contributed by atoms with Crippen LogP contribution in [0.25, 0.3) is 0 Å². The summed E-state index contributed by atoms with van der Waals surface area (Å²) in [5.74, 6) is 0. The maximum atomic E-state index is 9.13. The predicted octanol–water partition coefficient (Wildman–Crippen LogP) is 2.40. The largest absolute Gasteiger partial charge is 0.396 e. The molecule has 1 rings (SSSR count). The first-order chi connectivity index (χ1) is 7.91. The molecule has 4 nitrogen and oxygen atoms in total. The monoisotopic (exact) mass is 260 g/mol. The average molecular weight is 261 g/mol. The van der Waals surface area contributed by atoms with Crippen LogP contribution in [-0.4, -0.2) is 28.1 Å². The van der Waals surface area contributed by atoms with E-state index in [4.69, 9.17) is 21.4 Å². The summed E-state index contributed by atoms with van der Waals surface area (Å²) >= 11 is 6.16. The molecule has 0 unspecified atom stereocenters. The molecule has 0 saturated carbocycles. The third-order valence-corrected chi connectivity index (χ3v) is 3.10. The molecule has 0 aliphatic heterocycles. The topological polar surface area (TPSA) is 47.3 Å². The summed E-state index contributed by atoms with van der Waals surface area (Å²) in [6, 6.07) is 0. The van der Waals surface area contributed by atoms with Crippen molar-refractivity contribution in [2.45, 2.75) is 40.8 Å². The summed E-state index contributed by atoms with van der Waals surface area (Å²) in [6.45, 7) is 9.61. The molecule has 5 heteroatoms. The molecule has 1 N–H and O–H groups in total. The average Bonchev–Trinajstić information content (AvgIpc) is 2.56. The molecular formula is C12H21ClN2O2. The third-order valence-electron chi connectivity index (χ3n) is 2.61. The second-order valence-electron chi connectivity index (χ2n) is 4.98. The molecule has 0 fully saturated rings. The van der Waals surface area contributed by atoms with Crippen LogP contribution in [0.5, 0.6) is 0 Å². The Morgan fingerprint density at radius 3 is 2.65 bits per heavy atom. The number of rotatable bonds is 6. The van der Waals surface area contributed by atoms with Gasteiger partial charge in [-0.25, -0.2) is 0 Å². The normalized spacial score (nSPS) is 12.1. The summed E-state index contributed by atoms with van der Waals surface area (Å²) in [6.07, 6.45) is 0. The highest BCUT2D eigenvalue weighted by Gasteiger charge is 2.18. The lowest BCUT2D eigenvalue weighted by molar-refractivity contribution is 0.0173. The minimum absolute atomic E-state index is 0.104. The van der Waals surface area contributed by atoms with E-state index in [-0.39, 0.29) is 12.0 Å². The predicted molar refractivity (Wildman–Crippen MR) is 68.2 cm³/mol. The fourth-order valence-electron chi connectivity index (χ4n) is 1.48. The van der Waals surface area contributed by atoms with Crippen molar-refractivity contribution in [3.05, 3.63) is 16.4 Å². The molecule has 17 heavy (non-hydrogen) atoms. The standard InChI is InChI=1S/C12H21ClN2O2/c1-5-15-10(11(13)9(2)14-15)6-17-8-12(3,4)7-16/h16H,5-8H2,1-4H3. The van der Waals surface area contributed by atoms with Gasteiger partial charge >= 0.3 is 0 Å². The van der Waals surface area contributed by atoms with Gasteiger partial charge < -0.3 is 9.84 Å². The van der Waals surface area contributed by atoms with Crippen LogP contribution in [0, 0.1) is 12.3 Å². The Balaban J connectivity index is 2.63. The molecule has 1 aromatic heterocycles. The van der Waals surface area contributed by atoms with Crippen LogP contribution in [0.1, 0.15) is 32.2 Å². The number of nitrogens with zero attached hydrogens (tertiary/aromatic N) is 2. The highest BCUT2D eigenvalue weighted by Crippen LogP contribution is 2.22. The highest BCUT2D eigenvalue weighted by molar-refractivity contribution is 6.31. The van der Waals surface area contributed by atoms with E-state index in [1.165, 1.54) is 0 Å². The van der Waals surface area contributed by atoms with Crippen molar-refractivity contribution < 1.29 is 9.84 Å². The number of ether oxygens (including phenoxy) is 1. The maximum absolute atomic E-state index is 9.13. The van der Waals surface area contributed by atoms with E-state index in [9.17, 15) is 0 Å². The van der Waals surface area contributed by atoms with Gasteiger partial charge in [-0.3, -0.25) is 4.68 Å². The van der Waals surface area contributed by atoms with Gasteiger partial charge in [0, 0.05) is 12.0 Å². The van der Waals surface area contributed by atoms with E-state index in [0.717, 1.165) is 17.9 Å². The summed E-state index contributed by atoms with van der Waals surface area (Å²) in [4.78, 5) is 0. The molecule has 0 aliphatic carbocycles. The van der Waals surface area contributed by atoms with E-state index >= 15 is 0 Å². The number of hydrogen-bond acceptors (Lipinski definition) is 3. The summed E-state index contributed by atoms with van der Waals surface area (Å²) in [7, 11) is 0. The fraction of sp³-hybridized carbons (Fsp3) is 0.750. The second-order valence-corrected chi connectivity index (χ2v) is 5.35. The molecule has 1 aromatic rings. The third kappa shape index (κ3) is 3.69. The Labute approximate surface area is 108 Å². The summed E-state index contributed by atoms with van der Waals surface area (Å²) in [5.41, 5.74) is 1.51. The maximum Gasteiger partial charge on any atom is 0.0900 e. The Hall–Kier alpha value is -0.580. The first-order valence-corrected chi connectivity index (χ1v) is 6.19. The van der Waals surface area contributed by atoms with Crippen LogP contribution in [0.3, 0.4) is 0 Å². The second kappa shape index (κ2) is 5.85. The molecule has 0 aromatic carbocycles. The Morgan fingerprint density at radius 2 is 2.12 bits per heavy atom. The van der Waals surface area contributed by atoms with Crippen LogP contribution in [-0.2, 0) is 17.9 Å². The van der Waals surface area contributed by atoms with E-state index in [1.807, 2.05) is 32.4 Å². The van der Waals surface area contributed by atoms with Crippen LogP contribution in [0.2, 0.25) is 5.02 Å². The van der Waals surface area contributed by atoms with Crippen molar-refractivity contribution in [1.82, 2.24) is 9.78 Å². The summed E-state index contributed by atoms with van der Waals surface area (Å²) in [5, 5.41) is 14.1. The van der Waals surface area contributed by atoms with Crippen LogP contribution in [0.15, 0.2) is 0 Å². The van der Waals surface area contributed by atoms with Gasteiger partial charge in [0.2, 0.25) is 0 Å². The minimum Gasteiger partial charge on any atom is -0.396 e. The number of aliphatic hydroxyl groups is 1. The lowest BCUT2D eigenvalue weighted by atomic mass is 9.97. The SMILES string of the molecule is CCn1nc(C)c(Cl)c1COCC(C)(C)CO. The van der Waals surface area contributed by atoms with Gasteiger partial charge in [0.05, 0.1) is 36.2 Å². The molecule has 0 amide bonds. The molecule has 1 heterocycles. The zero-order chi connectivity index (χ0) is 13.1. The molecule has 0 atom stereocenters. The molecule has 0 spiro atoms. The van der Waals surface area contributed by atoms with E-state index in [2.05, 4.69) is 5.10 Å². The lowest BCUT2D eigenvalue weighted by Crippen LogP contribution is -2.23. The van der Waals surface area contributed by atoms with Crippen LogP contribution >= 0.6 is 11.6 Å². The first kappa shape index (κ1) is 14.5. The van der Waals surface area contributed by atoms with Gasteiger partial charge in [0.1, 0.15) is 0 Å². The smallest absolute Gasteiger partial charge is 0.0900 e. The highest BCUT2D eigenvalue weighted by atomic mass is 35.5. The van der Waals surface area contributed by atoms with E-state index in [0.29, 0.717) is 18.2 Å². The zero-order valence-electron chi connectivity index (χ0n) is 11.0. The summed E-state index contributed by atoms with van der Waals surface area (Å²) < 4.78 is 7.46. The van der Waals surface area contributed by atoms with E-state index < -0.39 is 0 Å². The quantitative estimate of drug-likeness (QED) is 0.854. The molecule has 0 radical (unpaired) electrons. The number of aryl methyl sites for hydroxylation is 2. The van der Waals surface area contributed by atoms with Gasteiger partial charge in [0.25, 0.3) is 0 Å². The lowest BCUT2D eigenvalue weighted by Gasteiger charge is -2.21. The van der Waals surface area contributed by atoms with Crippen molar-refractivity contribution in [2.24, 2.45) is 5.41 Å². The molecule has 0 aliphatic rings. The first-order valence-electron chi connectivity index (χ1n) is 5.81. The number of hydrogen-bond donors (Lipinski definition) is 1. The molecule has 0 saturated heterocycles. The molecule has 0 bridgehead atoms. The molecule has 98 valence electrons. The fourth-order valence-corrected chi connectivity index (χ4v) is 1.67. The Morgan fingerprint density at radius 1 is 1.47 bits per heavy atom. The minimum atomic E-state index is -0.224. The number of halogens is 1. The zero-order valence-corrected chi connectivity index (χ0v) is 11.7. The van der Waals surface area contributed by atoms with Gasteiger partial charge in [-0.2, -0.15) is 5.10 Å². The van der Waals surface area contributed by atoms with Crippen LogP contribution < -0.4 is 0 Å². The van der Waals surface area contributed by atoms with Crippen LogP contribution in [0.4, 0.5) is 0 Å². The van der Waals surface area contributed by atoms with Crippen molar-refractivity contribution in [3.63, 3.8) is 0 Å². The van der Waals surface area contributed by atoms with Crippen molar-refractivity contribution >= 4 is 11.6 Å².